The molecule has 2 fully saturated rings. The van der Waals surface area contributed by atoms with E-state index in [2.05, 4.69) is 5.32 Å². The van der Waals surface area contributed by atoms with Gasteiger partial charge >= 0.3 is 6.03 Å². The lowest BCUT2D eigenvalue weighted by atomic mass is 9.73. The Labute approximate surface area is 152 Å². The Hall–Kier alpha value is -2.57. The van der Waals surface area contributed by atoms with Crippen LogP contribution in [-0.4, -0.2) is 48.9 Å². The number of carbonyl (C=O) groups excluding carboxylic acids is 3. The van der Waals surface area contributed by atoms with E-state index in [4.69, 9.17) is 9.47 Å². The van der Waals surface area contributed by atoms with Crippen molar-refractivity contribution in [3.8, 4) is 11.5 Å². The molecule has 1 N–H and O–H groups in total. The van der Waals surface area contributed by atoms with E-state index in [1.165, 1.54) is 14.2 Å². The van der Waals surface area contributed by atoms with E-state index < -0.39 is 11.6 Å². The molecular weight excluding hydrogens is 336 g/mol. The first-order valence-electron chi connectivity index (χ1n) is 8.82. The smallest absolute Gasteiger partial charge is 0.325 e. The van der Waals surface area contributed by atoms with E-state index >= 15 is 0 Å². The molecular formula is C19H24N2O5. The second-order valence-electron chi connectivity index (χ2n) is 6.93. The van der Waals surface area contributed by atoms with Crippen LogP contribution in [0, 0.1) is 5.92 Å². The van der Waals surface area contributed by atoms with Gasteiger partial charge in [0.05, 0.1) is 26.3 Å². The molecule has 3 amide bonds. The Bertz CT molecular complexity index is 747. The highest BCUT2D eigenvalue weighted by molar-refractivity contribution is 6.11. The van der Waals surface area contributed by atoms with Crippen LogP contribution in [0.4, 0.5) is 4.79 Å². The van der Waals surface area contributed by atoms with Crippen molar-refractivity contribution in [1.82, 2.24) is 10.2 Å². The SMILES string of the molecule is COc1ccc(C(=O)CN2C(=O)N[C@@]3(CCCC[C@H]3C)C2=O)c(OC)c1. The van der Waals surface area contributed by atoms with Crippen LogP contribution in [0.15, 0.2) is 18.2 Å². The summed E-state index contributed by atoms with van der Waals surface area (Å²) < 4.78 is 10.4. The van der Waals surface area contributed by atoms with Gasteiger partial charge in [0.25, 0.3) is 5.91 Å². The van der Waals surface area contributed by atoms with Crippen LogP contribution < -0.4 is 14.8 Å². The van der Waals surface area contributed by atoms with Crippen molar-refractivity contribution in [2.75, 3.05) is 20.8 Å². The number of ether oxygens (including phenoxy) is 2. The molecule has 2 atom stereocenters. The normalized spacial score (nSPS) is 25.3. The summed E-state index contributed by atoms with van der Waals surface area (Å²) in [5.41, 5.74) is -0.550. The van der Waals surface area contributed by atoms with Crippen molar-refractivity contribution in [3.05, 3.63) is 23.8 Å². The van der Waals surface area contributed by atoms with Gasteiger partial charge in [-0.1, -0.05) is 19.8 Å². The summed E-state index contributed by atoms with van der Waals surface area (Å²) in [6, 6.07) is 4.33. The molecule has 7 heteroatoms. The number of imide groups is 1. The number of carbonyl (C=O) groups is 3. The molecule has 1 spiro atoms. The summed E-state index contributed by atoms with van der Waals surface area (Å²) in [6.07, 6.45) is 3.45. The van der Waals surface area contributed by atoms with Gasteiger partial charge in [-0.15, -0.1) is 0 Å². The summed E-state index contributed by atoms with van der Waals surface area (Å²) >= 11 is 0. The van der Waals surface area contributed by atoms with Crippen LogP contribution in [0.1, 0.15) is 43.0 Å². The summed E-state index contributed by atoms with van der Waals surface area (Å²) in [5.74, 6) is 0.317. The number of nitrogens with zero attached hydrogens (tertiary/aromatic N) is 1. The van der Waals surface area contributed by atoms with E-state index in [1.54, 1.807) is 18.2 Å². The molecule has 1 saturated heterocycles. The van der Waals surface area contributed by atoms with E-state index in [0.717, 1.165) is 24.2 Å². The zero-order chi connectivity index (χ0) is 18.9. The minimum Gasteiger partial charge on any atom is -0.497 e. The van der Waals surface area contributed by atoms with Gasteiger partial charge < -0.3 is 14.8 Å². The van der Waals surface area contributed by atoms with Crippen molar-refractivity contribution in [3.63, 3.8) is 0 Å². The third-order valence-electron chi connectivity index (χ3n) is 5.51. The molecule has 140 valence electrons. The molecule has 0 unspecified atom stereocenters. The van der Waals surface area contributed by atoms with Crippen molar-refractivity contribution < 1.29 is 23.9 Å². The van der Waals surface area contributed by atoms with Gasteiger partial charge in [0.15, 0.2) is 5.78 Å². The zero-order valence-corrected chi connectivity index (χ0v) is 15.3. The predicted octanol–water partition coefficient (Wildman–Crippen LogP) is 2.39. The van der Waals surface area contributed by atoms with Gasteiger partial charge in [0, 0.05) is 6.07 Å². The van der Waals surface area contributed by atoms with Crippen LogP contribution in [0.25, 0.3) is 0 Å². The van der Waals surface area contributed by atoms with E-state index in [0.29, 0.717) is 23.5 Å². The molecule has 0 radical (unpaired) electrons. The first kappa shape index (κ1) is 18.2. The summed E-state index contributed by atoms with van der Waals surface area (Å²) in [4.78, 5) is 39.1. The minimum absolute atomic E-state index is 0.0586. The monoisotopic (exact) mass is 360 g/mol. The van der Waals surface area contributed by atoms with Gasteiger partial charge in [-0.3, -0.25) is 14.5 Å². The number of hydrogen-bond acceptors (Lipinski definition) is 5. The van der Waals surface area contributed by atoms with Crippen LogP contribution in [0.3, 0.4) is 0 Å². The molecule has 26 heavy (non-hydrogen) atoms. The molecule has 0 bridgehead atoms. The number of amides is 3. The highest BCUT2D eigenvalue weighted by atomic mass is 16.5. The largest absolute Gasteiger partial charge is 0.497 e. The average Bonchev–Trinajstić information content (AvgIpc) is 2.88. The Balaban J connectivity index is 1.82. The van der Waals surface area contributed by atoms with Crippen molar-refractivity contribution in [2.45, 2.75) is 38.1 Å². The topological polar surface area (TPSA) is 84.9 Å². The lowest BCUT2D eigenvalue weighted by molar-refractivity contribution is -0.133. The number of ketones is 1. The molecule has 0 aromatic heterocycles. The lowest BCUT2D eigenvalue weighted by Crippen LogP contribution is -2.54. The average molecular weight is 360 g/mol. The molecule has 1 aromatic rings. The second-order valence-corrected chi connectivity index (χ2v) is 6.93. The highest BCUT2D eigenvalue weighted by Crippen LogP contribution is 2.38. The molecule has 1 aromatic carbocycles. The van der Waals surface area contributed by atoms with Crippen molar-refractivity contribution in [2.24, 2.45) is 5.92 Å². The van der Waals surface area contributed by atoms with E-state index in [9.17, 15) is 14.4 Å². The fourth-order valence-corrected chi connectivity index (χ4v) is 3.90. The van der Waals surface area contributed by atoms with Gasteiger partial charge in [0.2, 0.25) is 0 Å². The number of hydrogen-bond donors (Lipinski definition) is 1. The van der Waals surface area contributed by atoms with Gasteiger partial charge in [-0.2, -0.15) is 0 Å². The van der Waals surface area contributed by atoms with E-state index in [1.807, 2.05) is 6.92 Å². The number of methoxy groups -OCH3 is 2. The molecule has 1 aliphatic heterocycles. The maximum absolute atomic E-state index is 13.0. The maximum Gasteiger partial charge on any atom is 0.325 e. The van der Waals surface area contributed by atoms with Crippen LogP contribution >= 0.6 is 0 Å². The van der Waals surface area contributed by atoms with Crippen LogP contribution in [-0.2, 0) is 4.79 Å². The second kappa shape index (κ2) is 6.97. The van der Waals surface area contributed by atoms with Crippen LogP contribution in [0.5, 0.6) is 11.5 Å². The number of nitrogens with one attached hydrogen (secondary N) is 1. The fourth-order valence-electron chi connectivity index (χ4n) is 3.90. The van der Waals surface area contributed by atoms with Crippen LogP contribution in [0.2, 0.25) is 0 Å². The van der Waals surface area contributed by atoms with Gasteiger partial charge in [-0.05, 0) is 30.9 Å². The third-order valence-corrected chi connectivity index (χ3v) is 5.51. The predicted molar refractivity (Wildman–Crippen MR) is 94.5 cm³/mol. The first-order chi connectivity index (χ1) is 12.4. The molecule has 2 aliphatic rings. The quantitative estimate of drug-likeness (QED) is 0.644. The Morgan fingerprint density at radius 2 is 2.04 bits per heavy atom. The molecule has 1 heterocycles. The first-order valence-corrected chi connectivity index (χ1v) is 8.82. The Morgan fingerprint density at radius 3 is 2.69 bits per heavy atom. The number of rotatable bonds is 5. The Kier molecular flexibility index (Phi) is 4.89. The molecule has 7 nitrogen and oxygen atoms in total. The van der Waals surface area contributed by atoms with Gasteiger partial charge in [-0.25, -0.2) is 4.79 Å². The maximum atomic E-state index is 13.0. The molecule has 1 aliphatic carbocycles. The lowest BCUT2D eigenvalue weighted by Gasteiger charge is -2.36. The number of urea groups is 1. The summed E-state index contributed by atoms with van der Waals surface area (Å²) in [5, 5.41) is 2.86. The minimum atomic E-state index is -0.862. The number of benzene rings is 1. The number of Topliss-reactive ketones (excluding diaryl/α,β-unsaturated/α-hetero) is 1. The molecule has 3 rings (SSSR count). The standard InChI is InChI=1S/C19H24N2O5/c1-12-6-4-5-9-19(12)17(23)21(18(24)20-19)11-15(22)14-8-7-13(25-2)10-16(14)26-3/h7-8,10,12H,4-6,9,11H2,1-3H3,(H,20,24)/t12-,19-/m1/s1. The Morgan fingerprint density at radius 1 is 1.27 bits per heavy atom. The van der Waals surface area contributed by atoms with E-state index in [-0.39, 0.29) is 24.2 Å². The molecule has 1 saturated carbocycles. The highest BCUT2D eigenvalue weighted by Gasteiger charge is 2.55. The zero-order valence-electron chi connectivity index (χ0n) is 15.3. The fraction of sp³-hybridized carbons (Fsp3) is 0.526. The summed E-state index contributed by atoms with van der Waals surface area (Å²) in [6.45, 7) is 1.68. The van der Waals surface area contributed by atoms with Crippen molar-refractivity contribution >= 4 is 17.7 Å². The summed E-state index contributed by atoms with van der Waals surface area (Å²) in [7, 11) is 2.98. The van der Waals surface area contributed by atoms with Gasteiger partial charge in [0.1, 0.15) is 17.0 Å². The van der Waals surface area contributed by atoms with Crippen molar-refractivity contribution in [1.29, 1.82) is 0 Å². The third kappa shape index (κ3) is 2.91.